The Morgan fingerprint density at radius 2 is 1.74 bits per heavy atom. The summed E-state index contributed by atoms with van der Waals surface area (Å²) in [6, 6.07) is 0. The number of anilines is 1. The first-order valence-electron chi connectivity index (χ1n) is 6.93. The number of hydrogen-bond acceptors (Lipinski definition) is 8. The zero-order chi connectivity index (χ0) is 17.4. The van der Waals surface area contributed by atoms with Gasteiger partial charge in [0.05, 0.1) is 25.9 Å². The summed E-state index contributed by atoms with van der Waals surface area (Å²) in [4.78, 5) is 35.5. The SMILES string of the molecule is CCOC(=O)C(=CNc1scc(C)c1C(=O)OC)C(=O)OCC. The number of esters is 3. The van der Waals surface area contributed by atoms with E-state index in [1.54, 1.807) is 26.2 Å². The predicted octanol–water partition coefficient (Wildman–Crippen LogP) is 2.27. The fourth-order valence-corrected chi connectivity index (χ4v) is 2.56. The molecule has 0 aromatic carbocycles. The predicted molar refractivity (Wildman–Crippen MR) is 85.4 cm³/mol. The highest BCUT2D eigenvalue weighted by Crippen LogP contribution is 2.28. The van der Waals surface area contributed by atoms with E-state index in [-0.39, 0.29) is 18.8 Å². The van der Waals surface area contributed by atoms with E-state index in [2.05, 4.69) is 5.32 Å². The van der Waals surface area contributed by atoms with Gasteiger partial charge in [0, 0.05) is 6.20 Å². The van der Waals surface area contributed by atoms with Gasteiger partial charge >= 0.3 is 17.9 Å². The molecule has 0 spiro atoms. The largest absolute Gasteiger partial charge is 0.465 e. The van der Waals surface area contributed by atoms with Crippen LogP contribution < -0.4 is 5.32 Å². The lowest BCUT2D eigenvalue weighted by molar-refractivity contribution is -0.146. The molecule has 0 atom stereocenters. The average molecular weight is 341 g/mol. The molecular formula is C15H19NO6S. The molecule has 7 nitrogen and oxygen atoms in total. The molecule has 1 rings (SSSR count). The van der Waals surface area contributed by atoms with Gasteiger partial charge in [-0.3, -0.25) is 0 Å². The fourth-order valence-electron chi connectivity index (χ4n) is 1.66. The van der Waals surface area contributed by atoms with Crippen LogP contribution in [0, 0.1) is 6.92 Å². The molecule has 0 fully saturated rings. The quantitative estimate of drug-likeness (QED) is 0.267. The topological polar surface area (TPSA) is 90.9 Å². The lowest BCUT2D eigenvalue weighted by Crippen LogP contribution is -2.19. The zero-order valence-electron chi connectivity index (χ0n) is 13.4. The van der Waals surface area contributed by atoms with E-state index in [0.717, 1.165) is 5.56 Å². The van der Waals surface area contributed by atoms with Crippen molar-refractivity contribution in [2.45, 2.75) is 20.8 Å². The highest BCUT2D eigenvalue weighted by Gasteiger charge is 2.22. The third-order valence-corrected chi connectivity index (χ3v) is 3.73. The molecule has 0 aliphatic heterocycles. The summed E-state index contributed by atoms with van der Waals surface area (Å²) in [6.07, 6.45) is 1.17. The van der Waals surface area contributed by atoms with Gasteiger partial charge in [-0.15, -0.1) is 11.3 Å². The van der Waals surface area contributed by atoms with Gasteiger partial charge in [0.25, 0.3) is 0 Å². The normalized spacial score (nSPS) is 9.74. The van der Waals surface area contributed by atoms with Crippen LogP contribution in [0.25, 0.3) is 0 Å². The number of nitrogens with one attached hydrogen (secondary N) is 1. The van der Waals surface area contributed by atoms with Crippen LogP contribution in [0.5, 0.6) is 0 Å². The van der Waals surface area contributed by atoms with E-state index in [0.29, 0.717) is 10.6 Å². The number of rotatable bonds is 7. The summed E-state index contributed by atoms with van der Waals surface area (Å²) in [5.41, 5.74) is 0.794. The number of methoxy groups -OCH3 is 1. The maximum atomic E-state index is 11.8. The molecular weight excluding hydrogens is 322 g/mol. The molecule has 0 unspecified atom stereocenters. The lowest BCUT2D eigenvalue weighted by Gasteiger charge is -2.08. The van der Waals surface area contributed by atoms with Gasteiger partial charge < -0.3 is 19.5 Å². The Hall–Kier alpha value is -2.35. The van der Waals surface area contributed by atoms with Crippen molar-refractivity contribution in [3.05, 3.63) is 28.3 Å². The Balaban J connectivity index is 3.08. The minimum absolute atomic E-state index is 0.126. The Bertz CT molecular complexity index is 599. The number of thiophene rings is 1. The number of aryl methyl sites for hydroxylation is 1. The summed E-state index contributed by atoms with van der Waals surface area (Å²) in [6.45, 7) is 5.27. The van der Waals surface area contributed by atoms with Crippen LogP contribution >= 0.6 is 11.3 Å². The van der Waals surface area contributed by atoms with E-state index in [4.69, 9.17) is 14.2 Å². The van der Waals surface area contributed by atoms with E-state index >= 15 is 0 Å². The minimum Gasteiger partial charge on any atom is -0.465 e. The second-order valence-electron chi connectivity index (χ2n) is 4.26. The van der Waals surface area contributed by atoms with Crippen LogP contribution in [0.2, 0.25) is 0 Å². The molecule has 0 saturated heterocycles. The van der Waals surface area contributed by atoms with Crippen LogP contribution in [0.1, 0.15) is 29.8 Å². The number of ether oxygens (including phenoxy) is 3. The van der Waals surface area contributed by atoms with Crippen LogP contribution in [-0.2, 0) is 23.8 Å². The summed E-state index contributed by atoms with van der Waals surface area (Å²) in [5.74, 6) is -2.11. The molecule has 1 aromatic rings. The van der Waals surface area contributed by atoms with Gasteiger partial charge in [0.1, 0.15) is 5.00 Å². The van der Waals surface area contributed by atoms with Gasteiger partial charge in [-0.05, 0) is 31.7 Å². The molecule has 0 saturated carbocycles. The van der Waals surface area contributed by atoms with E-state index in [9.17, 15) is 14.4 Å². The van der Waals surface area contributed by atoms with E-state index in [1.807, 2.05) is 0 Å². The molecule has 0 aliphatic carbocycles. The van der Waals surface area contributed by atoms with Crippen molar-refractivity contribution >= 4 is 34.2 Å². The highest BCUT2D eigenvalue weighted by molar-refractivity contribution is 7.14. The second-order valence-corrected chi connectivity index (χ2v) is 5.14. The molecule has 1 heterocycles. The lowest BCUT2D eigenvalue weighted by atomic mass is 10.2. The smallest absolute Gasteiger partial charge is 0.347 e. The van der Waals surface area contributed by atoms with Gasteiger partial charge in [-0.2, -0.15) is 0 Å². The van der Waals surface area contributed by atoms with Crippen LogP contribution in [0.15, 0.2) is 17.2 Å². The zero-order valence-corrected chi connectivity index (χ0v) is 14.2. The van der Waals surface area contributed by atoms with Gasteiger partial charge in [0.15, 0.2) is 5.57 Å². The Kier molecular flexibility index (Phi) is 7.27. The van der Waals surface area contributed by atoms with Gasteiger partial charge in [-0.1, -0.05) is 0 Å². The summed E-state index contributed by atoms with van der Waals surface area (Å²) in [5, 5.41) is 5.00. The third-order valence-electron chi connectivity index (χ3n) is 2.70. The molecule has 0 amide bonds. The van der Waals surface area contributed by atoms with Crippen molar-refractivity contribution < 1.29 is 28.6 Å². The molecule has 126 valence electrons. The van der Waals surface area contributed by atoms with E-state index < -0.39 is 17.9 Å². The molecule has 1 N–H and O–H groups in total. The summed E-state index contributed by atoms with van der Waals surface area (Å²) in [7, 11) is 1.28. The Morgan fingerprint density at radius 1 is 1.17 bits per heavy atom. The van der Waals surface area contributed by atoms with E-state index in [1.165, 1.54) is 24.6 Å². The minimum atomic E-state index is -0.800. The first-order chi connectivity index (χ1) is 11.0. The first-order valence-corrected chi connectivity index (χ1v) is 7.81. The van der Waals surface area contributed by atoms with Crippen molar-refractivity contribution in [3.8, 4) is 0 Å². The maximum absolute atomic E-state index is 11.8. The van der Waals surface area contributed by atoms with Gasteiger partial charge in [0.2, 0.25) is 0 Å². The number of carbonyl (C=O) groups excluding carboxylic acids is 3. The Labute approximate surface area is 138 Å². The summed E-state index contributed by atoms with van der Waals surface area (Å²) >= 11 is 1.25. The standard InChI is InChI=1S/C15H19NO6S/c1-5-21-13(17)10(14(18)22-6-2)7-16-12-11(15(19)20-4)9(3)8-23-12/h7-8,16H,5-6H2,1-4H3. The van der Waals surface area contributed by atoms with Crippen LogP contribution in [0.3, 0.4) is 0 Å². The maximum Gasteiger partial charge on any atom is 0.347 e. The molecule has 0 aliphatic rings. The van der Waals surface area contributed by atoms with Crippen molar-refractivity contribution in [3.63, 3.8) is 0 Å². The second kappa shape index (κ2) is 8.94. The molecule has 1 aromatic heterocycles. The van der Waals surface area contributed by atoms with Crippen molar-refractivity contribution in [1.82, 2.24) is 0 Å². The van der Waals surface area contributed by atoms with Crippen LogP contribution in [-0.4, -0.2) is 38.2 Å². The molecule has 0 radical (unpaired) electrons. The highest BCUT2D eigenvalue weighted by atomic mass is 32.1. The average Bonchev–Trinajstić information content (AvgIpc) is 2.88. The number of carbonyl (C=O) groups is 3. The van der Waals surface area contributed by atoms with Crippen molar-refractivity contribution in [1.29, 1.82) is 0 Å². The summed E-state index contributed by atoms with van der Waals surface area (Å²) < 4.78 is 14.4. The molecule has 0 bridgehead atoms. The van der Waals surface area contributed by atoms with Crippen molar-refractivity contribution in [2.24, 2.45) is 0 Å². The molecule has 8 heteroatoms. The first kappa shape index (κ1) is 18.7. The third kappa shape index (κ3) is 4.82. The molecule has 23 heavy (non-hydrogen) atoms. The van der Waals surface area contributed by atoms with Gasteiger partial charge in [-0.25, -0.2) is 14.4 Å². The Morgan fingerprint density at radius 3 is 2.22 bits per heavy atom. The van der Waals surface area contributed by atoms with Crippen molar-refractivity contribution in [2.75, 3.05) is 25.6 Å². The monoisotopic (exact) mass is 341 g/mol. The van der Waals surface area contributed by atoms with Crippen LogP contribution in [0.4, 0.5) is 5.00 Å². The fraction of sp³-hybridized carbons (Fsp3) is 0.400. The number of hydrogen-bond donors (Lipinski definition) is 1.